The second-order valence-electron chi connectivity index (χ2n) is 6.64. The lowest BCUT2D eigenvalue weighted by atomic mass is 9.86. The molecule has 1 heterocycles. The number of nitrogens with one attached hydrogen (secondary N) is 3. The smallest absolute Gasteiger partial charge is 0.271 e. The van der Waals surface area contributed by atoms with E-state index in [4.69, 9.17) is 5.73 Å². The second-order valence-corrected chi connectivity index (χ2v) is 6.64. The highest BCUT2D eigenvalue weighted by molar-refractivity contribution is 6.08. The summed E-state index contributed by atoms with van der Waals surface area (Å²) in [7, 11) is 0. The molecule has 7 nitrogen and oxygen atoms in total. The van der Waals surface area contributed by atoms with Crippen molar-refractivity contribution < 1.29 is 18.4 Å². The van der Waals surface area contributed by atoms with E-state index in [1.807, 2.05) is 0 Å². The summed E-state index contributed by atoms with van der Waals surface area (Å²) in [6.07, 6.45) is 4.76. The van der Waals surface area contributed by atoms with Gasteiger partial charge in [-0.15, -0.1) is 0 Å². The van der Waals surface area contributed by atoms with Crippen LogP contribution in [0.4, 0.5) is 14.5 Å². The van der Waals surface area contributed by atoms with E-state index in [1.54, 1.807) is 0 Å². The zero-order valence-corrected chi connectivity index (χ0v) is 14.6. The van der Waals surface area contributed by atoms with Crippen molar-refractivity contribution in [1.82, 2.24) is 15.5 Å². The summed E-state index contributed by atoms with van der Waals surface area (Å²) in [4.78, 5) is 24.7. The summed E-state index contributed by atoms with van der Waals surface area (Å²) in [5.74, 6) is -2.93. The lowest BCUT2D eigenvalue weighted by molar-refractivity contribution is 0.0918. The highest BCUT2D eigenvalue weighted by Gasteiger charge is 2.25. The Bertz CT molecular complexity index is 811. The van der Waals surface area contributed by atoms with E-state index < -0.39 is 29.0 Å². The summed E-state index contributed by atoms with van der Waals surface area (Å²) in [6.45, 7) is 0.643. The van der Waals surface area contributed by atoms with E-state index in [9.17, 15) is 18.4 Å². The van der Waals surface area contributed by atoms with E-state index >= 15 is 0 Å². The van der Waals surface area contributed by atoms with Gasteiger partial charge < -0.3 is 16.4 Å². The minimum atomic E-state index is -0.996. The Morgan fingerprint density at radius 2 is 1.79 bits per heavy atom. The molecule has 1 saturated carbocycles. The van der Waals surface area contributed by atoms with Crippen molar-refractivity contribution >= 4 is 17.5 Å². The molecule has 1 aliphatic rings. The zero-order chi connectivity index (χ0) is 19.4. The number of nitrogens with two attached hydrogens (primary N) is 1. The summed E-state index contributed by atoms with van der Waals surface area (Å²) >= 11 is 0. The number of H-pyrrole nitrogens is 1. The van der Waals surface area contributed by atoms with Crippen LogP contribution < -0.4 is 16.4 Å². The highest BCUT2D eigenvalue weighted by Crippen LogP contribution is 2.24. The molecule has 0 saturated heterocycles. The third-order valence-corrected chi connectivity index (χ3v) is 4.82. The molecule has 1 fully saturated rings. The highest BCUT2D eigenvalue weighted by atomic mass is 19.1. The molecule has 0 aliphatic heterocycles. The SMILES string of the molecule is C.NCC1CCC(NC(=O)c2[nH]ncc2NC(=O)c2c(F)cccc2F)CC1. The van der Waals surface area contributed by atoms with Gasteiger partial charge in [-0.25, -0.2) is 8.78 Å². The molecule has 2 aromatic rings. The maximum absolute atomic E-state index is 13.7. The van der Waals surface area contributed by atoms with Crippen LogP contribution in [0.2, 0.25) is 0 Å². The second kappa shape index (κ2) is 9.41. The van der Waals surface area contributed by atoms with Gasteiger partial charge in [-0.05, 0) is 50.3 Å². The number of hydrogen-bond acceptors (Lipinski definition) is 4. The van der Waals surface area contributed by atoms with Crippen LogP contribution in [0.3, 0.4) is 0 Å². The minimum absolute atomic E-state index is 0. The number of aromatic nitrogens is 2. The average Bonchev–Trinajstić information content (AvgIpc) is 3.10. The van der Waals surface area contributed by atoms with Crippen molar-refractivity contribution in [2.75, 3.05) is 11.9 Å². The monoisotopic (exact) mass is 393 g/mol. The van der Waals surface area contributed by atoms with Crippen LogP contribution in [0.1, 0.15) is 54.0 Å². The zero-order valence-electron chi connectivity index (χ0n) is 14.6. The van der Waals surface area contributed by atoms with E-state index in [0.29, 0.717) is 12.5 Å². The van der Waals surface area contributed by atoms with Crippen molar-refractivity contribution in [3.8, 4) is 0 Å². The molecular weight excluding hydrogens is 368 g/mol. The Balaban J connectivity index is 0.00000280. The van der Waals surface area contributed by atoms with Gasteiger partial charge in [-0.1, -0.05) is 13.5 Å². The third kappa shape index (κ3) is 4.72. The van der Waals surface area contributed by atoms with Gasteiger partial charge in [0.2, 0.25) is 0 Å². The first-order valence-corrected chi connectivity index (χ1v) is 8.79. The lowest BCUT2D eigenvalue weighted by Gasteiger charge is -2.28. The first-order valence-electron chi connectivity index (χ1n) is 8.79. The van der Waals surface area contributed by atoms with Gasteiger partial charge in [0.05, 0.1) is 11.9 Å². The Morgan fingerprint density at radius 1 is 1.14 bits per heavy atom. The molecule has 0 unspecified atom stereocenters. The Morgan fingerprint density at radius 3 is 2.39 bits per heavy atom. The summed E-state index contributed by atoms with van der Waals surface area (Å²) in [5.41, 5.74) is 5.03. The molecule has 2 amide bonds. The first kappa shape index (κ1) is 21.5. The normalized spacial score (nSPS) is 18.8. The van der Waals surface area contributed by atoms with Crippen LogP contribution in [0.5, 0.6) is 0 Å². The molecule has 0 spiro atoms. The van der Waals surface area contributed by atoms with Gasteiger partial charge in [0.1, 0.15) is 22.9 Å². The van der Waals surface area contributed by atoms with E-state index in [0.717, 1.165) is 43.9 Å². The Hall–Kier alpha value is -2.81. The number of anilines is 1. The molecule has 1 aromatic heterocycles. The maximum atomic E-state index is 13.7. The Labute approximate surface area is 162 Å². The predicted molar refractivity (Wildman–Crippen MR) is 102 cm³/mol. The molecule has 0 bridgehead atoms. The minimum Gasteiger partial charge on any atom is -0.348 e. The van der Waals surface area contributed by atoms with Crippen LogP contribution in [0.15, 0.2) is 24.4 Å². The number of nitrogens with zero attached hydrogens (tertiary/aromatic N) is 1. The number of carbonyl (C=O) groups is 2. The molecule has 0 radical (unpaired) electrons. The van der Waals surface area contributed by atoms with Gasteiger partial charge in [-0.2, -0.15) is 5.10 Å². The number of carbonyl (C=O) groups excluding carboxylic acids is 2. The summed E-state index contributed by atoms with van der Waals surface area (Å²) < 4.78 is 27.5. The molecule has 152 valence electrons. The van der Waals surface area contributed by atoms with Crippen LogP contribution in [-0.2, 0) is 0 Å². The number of aromatic amines is 1. The van der Waals surface area contributed by atoms with Crippen LogP contribution >= 0.6 is 0 Å². The van der Waals surface area contributed by atoms with Gasteiger partial charge in [0.15, 0.2) is 0 Å². The lowest BCUT2D eigenvalue weighted by Crippen LogP contribution is -2.39. The van der Waals surface area contributed by atoms with Crippen LogP contribution in [0.25, 0.3) is 0 Å². The fraction of sp³-hybridized carbons (Fsp3) is 0.421. The number of benzene rings is 1. The predicted octanol–water partition coefficient (Wildman–Crippen LogP) is 2.82. The molecule has 5 N–H and O–H groups in total. The summed E-state index contributed by atoms with van der Waals surface area (Å²) in [6, 6.07) is 3.14. The van der Waals surface area contributed by atoms with Crippen molar-refractivity contribution in [3.63, 3.8) is 0 Å². The van der Waals surface area contributed by atoms with Gasteiger partial charge in [-0.3, -0.25) is 14.7 Å². The molecule has 9 heteroatoms. The number of amides is 2. The van der Waals surface area contributed by atoms with E-state index in [-0.39, 0.29) is 24.8 Å². The number of rotatable bonds is 5. The van der Waals surface area contributed by atoms with Crippen LogP contribution in [-0.4, -0.2) is 34.6 Å². The largest absolute Gasteiger partial charge is 0.348 e. The fourth-order valence-corrected chi connectivity index (χ4v) is 3.25. The van der Waals surface area contributed by atoms with Crippen molar-refractivity contribution in [1.29, 1.82) is 0 Å². The molecule has 0 atom stereocenters. The average molecular weight is 393 g/mol. The van der Waals surface area contributed by atoms with Gasteiger partial charge in [0.25, 0.3) is 11.8 Å². The molecule has 3 rings (SSSR count). The van der Waals surface area contributed by atoms with E-state index in [1.165, 1.54) is 6.20 Å². The fourth-order valence-electron chi connectivity index (χ4n) is 3.25. The molecule has 1 aromatic carbocycles. The topological polar surface area (TPSA) is 113 Å². The van der Waals surface area contributed by atoms with Gasteiger partial charge in [0, 0.05) is 6.04 Å². The molecule has 1 aliphatic carbocycles. The standard InChI is InChI=1S/C18H21F2N5O2.CH4/c19-12-2-1-3-13(20)15(12)17(26)24-14-9-22-25-16(14)18(27)23-11-6-4-10(8-21)5-7-11;/h1-3,9-11H,4-8,21H2,(H,22,25)(H,23,27)(H,24,26);1H4. The van der Waals surface area contributed by atoms with Crippen molar-refractivity contribution in [3.05, 3.63) is 47.3 Å². The molecular formula is C19H25F2N5O2. The van der Waals surface area contributed by atoms with E-state index in [2.05, 4.69) is 20.8 Å². The molecule has 28 heavy (non-hydrogen) atoms. The maximum Gasteiger partial charge on any atom is 0.271 e. The first-order chi connectivity index (χ1) is 13.0. The number of hydrogen-bond donors (Lipinski definition) is 4. The van der Waals surface area contributed by atoms with Crippen molar-refractivity contribution in [2.45, 2.75) is 39.2 Å². The van der Waals surface area contributed by atoms with Crippen LogP contribution in [0, 0.1) is 17.6 Å². The van der Waals surface area contributed by atoms with Crippen molar-refractivity contribution in [2.24, 2.45) is 11.7 Å². The third-order valence-electron chi connectivity index (χ3n) is 4.82. The Kier molecular flexibility index (Phi) is 7.22. The quantitative estimate of drug-likeness (QED) is 0.626. The summed E-state index contributed by atoms with van der Waals surface area (Å²) in [5, 5.41) is 11.5. The number of halogens is 2. The van der Waals surface area contributed by atoms with Gasteiger partial charge >= 0.3 is 0 Å².